The molecule has 0 amide bonds. The van der Waals surface area contributed by atoms with Crippen molar-refractivity contribution in [2.45, 2.75) is 25.5 Å². The molecular formula is C21H27NO5. The van der Waals surface area contributed by atoms with Gasteiger partial charge in [-0.2, -0.15) is 0 Å². The standard InChI is InChI=1S/C21H27NO5/c1-14(20(24)15-8-6-5-7-9-15)22-11-10-17(23)16-12-18(25-2)21(27-4)19(13-16)26-3/h5-9,12-14,20,22,24H,10-11H2,1-4H3. The lowest BCUT2D eigenvalue weighted by Gasteiger charge is -2.20. The van der Waals surface area contributed by atoms with Crippen LogP contribution in [0.1, 0.15) is 35.4 Å². The molecule has 0 heterocycles. The van der Waals surface area contributed by atoms with Gasteiger partial charge >= 0.3 is 0 Å². The fourth-order valence-corrected chi connectivity index (χ4v) is 2.85. The van der Waals surface area contributed by atoms with Crippen molar-refractivity contribution in [2.75, 3.05) is 27.9 Å². The Morgan fingerprint density at radius 1 is 1.04 bits per heavy atom. The highest BCUT2D eigenvalue weighted by atomic mass is 16.5. The normalized spacial score (nSPS) is 12.9. The van der Waals surface area contributed by atoms with Gasteiger partial charge in [0.05, 0.1) is 27.4 Å². The van der Waals surface area contributed by atoms with Gasteiger partial charge < -0.3 is 24.6 Å². The van der Waals surface area contributed by atoms with Crippen molar-refractivity contribution in [3.05, 3.63) is 53.6 Å². The molecule has 27 heavy (non-hydrogen) atoms. The number of aliphatic hydroxyl groups excluding tert-OH is 1. The summed E-state index contributed by atoms with van der Waals surface area (Å²) in [5.41, 5.74) is 1.33. The summed E-state index contributed by atoms with van der Waals surface area (Å²) in [6.45, 7) is 2.34. The minimum atomic E-state index is -0.637. The summed E-state index contributed by atoms with van der Waals surface area (Å²) in [5.74, 6) is 1.29. The molecule has 2 atom stereocenters. The Balaban J connectivity index is 1.97. The molecule has 2 rings (SSSR count). The van der Waals surface area contributed by atoms with Gasteiger partial charge in [0, 0.05) is 24.6 Å². The number of nitrogens with one attached hydrogen (secondary N) is 1. The summed E-state index contributed by atoms with van der Waals surface area (Å²) in [5, 5.41) is 13.6. The van der Waals surface area contributed by atoms with Gasteiger partial charge in [-0.25, -0.2) is 0 Å². The summed E-state index contributed by atoms with van der Waals surface area (Å²) in [6.07, 6.45) is -0.354. The first-order chi connectivity index (χ1) is 13.0. The Morgan fingerprint density at radius 2 is 1.63 bits per heavy atom. The van der Waals surface area contributed by atoms with E-state index in [-0.39, 0.29) is 18.2 Å². The molecule has 0 aromatic heterocycles. The zero-order valence-corrected chi connectivity index (χ0v) is 16.2. The maximum absolute atomic E-state index is 12.5. The molecule has 6 heteroatoms. The Kier molecular flexibility index (Phi) is 7.64. The minimum Gasteiger partial charge on any atom is -0.493 e. The number of carbonyl (C=O) groups is 1. The van der Waals surface area contributed by atoms with E-state index in [1.807, 2.05) is 37.3 Å². The number of benzene rings is 2. The second-order valence-corrected chi connectivity index (χ2v) is 6.19. The third kappa shape index (κ3) is 5.21. The van der Waals surface area contributed by atoms with Gasteiger partial charge in [0.25, 0.3) is 0 Å². The lowest BCUT2D eigenvalue weighted by atomic mass is 10.0. The number of ether oxygens (including phenoxy) is 3. The van der Waals surface area contributed by atoms with E-state index < -0.39 is 6.10 Å². The van der Waals surface area contributed by atoms with Crippen LogP contribution in [0.25, 0.3) is 0 Å². The number of aliphatic hydroxyl groups is 1. The van der Waals surface area contributed by atoms with E-state index in [9.17, 15) is 9.90 Å². The third-order valence-corrected chi connectivity index (χ3v) is 4.42. The van der Waals surface area contributed by atoms with Gasteiger partial charge in [-0.15, -0.1) is 0 Å². The maximum atomic E-state index is 12.5. The van der Waals surface area contributed by atoms with Crippen LogP contribution in [-0.2, 0) is 0 Å². The van der Waals surface area contributed by atoms with Crippen molar-refractivity contribution in [1.29, 1.82) is 0 Å². The monoisotopic (exact) mass is 373 g/mol. The average Bonchev–Trinajstić information content (AvgIpc) is 2.72. The van der Waals surface area contributed by atoms with Crippen LogP contribution in [-0.4, -0.2) is 44.8 Å². The maximum Gasteiger partial charge on any atom is 0.203 e. The van der Waals surface area contributed by atoms with Crippen LogP contribution in [0.4, 0.5) is 0 Å². The highest BCUT2D eigenvalue weighted by Gasteiger charge is 2.18. The van der Waals surface area contributed by atoms with Crippen LogP contribution in [0, 0.1) is 0 Å². The van der Waals surface area contributed by atoms with E-state index in [4.69, 9.17) is 14.2 Å². The number of carbonyl (C=O) groups excluding carboxylic acids is 1. The van der Waals surface area contributed by atoms with Crippen LogP contribution in [0.5, 0.6) is 17.2 Å². The second kappa shape index (κ2) is 9.94. The summed E-state index contributed by atoms with van der Waals surface area (Å²) in [4.78, 5) is 12.5. The van der Waals surface area contributed by atoms with Crippen molar-refractivity contribution in [2.24, 2.45) is 0 Å². The molecule has 2 aromatic rings. The van der Waals surface area contributed by atoms with Gasteiger partial charge in [-0.05, 0) is 24.6 Å². The first kappa shape index (κ1) is 20.7. The predicted molar refractivity (Wildman–Crippen MR) is 104 cm³/mol. The highest BCUT2D eigenvalue weighted by Crippen LogP contribution is 2.38. The second-order valence-electron chi connectivity index (χ2n) is 6.19. The lowest BCUT2D eigenvalue weighted by Crippen LogP contribution is -2.33. The molecule has 2 aromatic carbocycles. The summed E-state index contributed by atoms with van der Waals surface area (Å²) < 4.78 is 15.8. The van der Waals surface area contributed by atoms with E-state index in [1.54, 1.807) is 12.1 Å². The number of ketones is 1. The van der Waals surface area contributed by atoms with Gasteiger partial charge in [0.15, 0.2) is 17.3 Å². The average molecular weight is 373 g/mol. The first-order valence-electron chi connectivity index (χ1n) is 8.81. The molecule has 0 saturated heterocycles. The Bertz CT molecular complexity index is 722. The van der Waals surface area contributed by atoms with Gasteiger partial charge in [0.1, 0.15) is 0 Å². The van der Waals surface area contributed by atoms with Gasteiger partial charge in [0.2, 0.25) is 5.75 Å². The Morgan fingerprint density at radius 3 is 2.15 bits per heavy atom. The Labute approximate surface area is 160 Å². The van der Waals surface area contributed by atoms with Crippen molar-refractivity contribution in [3.63, 3.8) is 0 Å². The number of hydrogen-bond acceptors (Lipinski definition) is 6. The first-order valence-corrected chi connectivity index (χ1v) is 8.81. The fourth-order valence-electron chi connectivity index (χ4n) is 2.85. The van der Waals surface area contributed by atoms with Crippen LogP contribution >= 0.6 is 0 Å². The quantitative estimate of drug-likeness (QED) is 0.624. The van der Waals surface area contributed by atoms with Crippen molar-refractivity contribution in [1.82, 2.24) is 5.32 Å². The Hall–Kier alpha value is -2.57. The van der Waals surface area contributed by atoms with Gasteiger partial charge in [-0.1, -0.05) is 30.3 Å². The summed E-state index contributed by atoms with van der Waals surface area (Å²) >= 11 is 0. The lowest BCUT2D eigenvalue weighted by molar-refractivity contribution is 0.0971. The van der Waals surface area contributed by atoms with E-state index in [0.29, 0.717) is 29.4 Å². The SMILES string of the molecule is COc1cc(C(=O)CCNC(C)C(O)c2ccccc2)cc(OC)c1OC. The van der Waals surface area contributed by atoms with E-state index >= 15 is 0 Å². The molecule has 0 aliphatic heterocycles. The molecule has 146 valence electrons. The largest absolute Gasteiger partial charge is 0.493 e. The van der Waals surface area contributed by atoms with E-state index in [2.05, 4.69) is 5.32 Å². The number of hydrogen-bond donors (Lipinski definition) is 2. The predicted octanol–water partition coefficient (Wildman–Crippen LogP) is 3.00. The number of rotatable bonds is 10. The number of Topliss-reactive ketones (excluding diaryl/α,β-unsaturated/α-hetero) is 1. The highest BCUT2D eigenvalue weighted by molar-refractivity contribution is 5.97. The molecule has 0 fully saturated rings. The fraction of sp³-hybridized carbons (Fsp3) is 0.381. The van der Waals surface area contributed by atoms with Crippen LogP contribution in [0.15, 0.2) is 42.5 Å². The molecule has 2 unspecified atom stereocenters. The molecule has 0 bridgehead atoms. The molecule has 0 spiro atoms. The zero-order valence-electron chi connectivity index (χ0n) is 16.2. The smallest absolute Gasteiger partial charge is 0.203 e. The van der Waals surface area contributed by atoms with Crippen LogP contribution in [0.3, 0.4) is 0 Å². The molecule has 0 aliphatic carbocycles. The molecule has 6 nitrogen and oxygen atoms in total. The minimum absolute atomic E-state index is 0.0526. The van der Waals surface area contributed by atoms with E-state index in [1.165, 1.54) is 21.3 Å². The topological polar surface area (TPSA) is 77.0 Å². The summed E-state index contributed by atoms with van der Waals surface area (Å²) in [7, 11) is 4.55. The van der Waals surface area contributed by atoms with Crippen molar-refractivity contribution >= 4 is 5.78 Å². The molecular weight excluding hydrogens is 346 g/mol. The summed E-state index contributed by atoms with van der Waals surface area (Å²) in [6, 6.07) is 12.6. The van der Waals surface area contributed by atoms with Crippen molar-refractivity contribution in [3.8, 4) is 17.2 Å². The molecule has 0 aliphatic rings. The van der Waals surface area contributed by atoms with Gasteiger partial charge in [-0.3, -0.25) is 4.79 Å². The molecule has 2 N–H and O–H groups in total. The molecule has 0 radical (unpaired) electrons. The van der Waals surface area contributed by atoms with E-state index in [0.717, 1.165) is 5.56 Å². The zero-order chi connectivity index (χ0) is 19.8. The van der Waals surface area contributed by atoms with Crippen molar-refractivity contribution < 1.29 is 24.1 Å². The third-order valence-electron chi connectivity index (χ3n) is 4.42. The number of methoxy groups -OCH3 is 3. The van der Waals surface area contributed by atoms with Crippen LogP contribution in [0.2, 0.25) is 0 Å². The van der Waals surface area contributed by atoms with Crippen LogP contribution < -0.4 is 19.5 Å². The molecule has 0 saturated carbocycles.